The van der Waals surface area contributed by atoms with Crippen LogP contribution in [0, 0.1) is 11.7 Å². The third-order valence-corrected chi connectivity index (χ3v) is 8.46. The van der Waals surface area contributed by atoms with E-state index in [1.165, 1.54) is 12.1 Å². The fraction of sp³-hybridized carbons (Fsp3) is 0.194. The summed E-state index contributed by atoms with van der Waals surface area (Å²) in [5.74, 6) is -0.409. The minimum absolute atomic E-state index is 0.0171. The average Bonchev–Trinajstić information content (AvgIpc) is 3.58. The molecule has 0 atom stereocenters. The summed E-state index contributed by atoms with van der Waals surface area (Å²) in [5.41, 5.74) is 7.10. The van der Waals surface area contributed by atoms with Crippen molar-refractivity contribution >= 4 is 43.6 Å². The summed E-state index contributed by atoms with van der Waals surface area (Å²) in [7, 11) is -3.44. The number of nitrogens with zero attached hydrogens (tertiary/aromatic N) is 4. The minimum Gasteiger partial charge on any atom is -0.352 e. The zero-order valence-corrected chi connectivity index (χ0v) is 24.4. The molecule has 1 fully saturated rings. The van der Waals surface area contributed by atoms with Crippen LogP contribution in [0.3, 0.4) is 0 Å². The number of H-pyrrole nitrogens is 2. The first-order chi connectivity index (χ1) is 21.2. The van der Waals surface area contributed by atoms with Gasteiger partial charge >= 0.3 is 0 Å². The summed E-state index contributed by atoms with van der Waals surface area (Å²) in [4.78, 5) is 29.4. The Bertz CT molecular complexity index is 2170. The molecule has 5 aromatic heterocycles. The fourth-order valence-corrected chi connectivity index (χ4v) is 5.77. The second-order valence-corrected chi connectivity index (χ2v) is 12.8. The second-order valence-electron chi connectivity index (χ2n) is 11.0. The van der Waals surface area contributed by atoms with E-state index in [0.29, 0.717) is 50.5 Å². The number of carbonyl (C=O) groups is 1. The van der Waals surface area contributed by atoms with E-state index in [2.05, 4.69) is 35.2 Å². The number of benzene rings is 1. The van der Waals surface area contributed by atoms with Crippen LogP contribution in [0.1, 0.15) is 24.8 Å². The number of hydrogen-bond donors (Lipinski definition) is 4. The molecule has 6 aromatic rings. The number of nitrogens with one attached hydrogen (secondary N) is 4. The molecule has 0 aliphatic heterocycles. The highest BCUT2D eigenvalue weighted by atomic mass is 32.2. The lowest BCUT2D eigenvalue weighted by atomic mass is 9.85. The van der Waals surface area contributed by atoms with Crippen molar-refractivity contribution in [2.45, 2.75) is 25.8 Å². The molecule has 1 aromatic carbocycles. The molecule has 1 saturated carbocycles. The smallest absolute Gasteiger partial charge is 0.227 e. The second kappa shape index (κ2) is 10.9. The van der Waals surface area contributed by atoms with Gasteiger partial charge in [-0.25, -0.2) is 22.5 Å². The monoisotopic (exact) mass is 610 g/mol. The normalized spacial score (nSPS) is 13.8. The van der Waals surface area contributed by atoms with Crippen molar-refractivity contribution in [3.8, 4) is 33.8 Å². The molecule has 1 aliphatic carbocycles. The van der Waals surface area contributed by atoms with E-state index >= 15 is 0 Å². The molecule has 0 bridgehead atoms. The molecule has 0 unspecified atom stereocenters. The van der Waals surface area contributed by atoms with Crippen LogP contribution in [0.5, 0.6) is 0 Å². The van der Waals surface area contributed by atoms with Crippen LogP contribution in [0.15, 0.2) is 67.3 Å². The molecule has 0 spiro atoms. The lowest BCUT2D eigenvalue weighted by Crippen LogP contribution is -2.28. The maximum absolute atomic E-state index is 14.6. The highest BCUT2D eigenvalue weighted by Crippen LogP contribution is 2.35. The van der Waals surface area contributed by atoms with E-state index in [9.17, 15) is 17.6 Å². The highest BCUT2D eigenvalue weighted by Gasteiger charge is 2.25. The van der Waals surface area contributed by atoms with Crippen LogP contribution in [-0.2, 0) is 21.4 Å². The summed E-state index contributed by atoms with van der Waals surface area (Å²) >= 11 is 0. The van der Waals surface area contributed by atoms with E-state index < -0.39 is 15.8 Å². The number of rotatable bonds is 8. The lowest BCUT2D eigenvalue weighted by Gasteiger charge is -2.24. The number of sulfonamides is 1. The molecule has 44 heavy (non-hydrogen) atoms. The molecule has 1 aliphatic rings. The van der Waals surface area contributed by atoms with Crippen molar-refractivity contribution in [2.24, 2.45) is 5.92 Å². The molecular formula is C31H27FN8O3S. The van der Waals surface area contributed by atoms with E-state index in [4.69, 9.17) is 4.98 Å². The van der Waals surface area contributed by atoms with Crippen molar-refractivity contribution < 1.29 is 17.6 Å². The van der Waals surface area contributed by atoms with Gasteiger partial charge in [-0.1, -0.05) is 6.42 Å². The van der Waals surface area contributed by atoms with Gasteiger partial charge in [-0.05, 0) is 66.4 Å². The molecule has 7 rings (SSSR count). The van der Waals surface area contributed by atoms with Gasteiger partial charge in [0.05, 0.1) is 46.8 Å². The molecule has 1 amide bonds. The van der Waals surface area contributed by atoms with Crippen LogP contribution in [0.25, 0.3) is 55.7 Å². The van der Waals surface area contributed by atoms with Crippen LogP contribution in [0.2, 0.25) is 0 Å². The first-order valence-corrected chi connectivity index (χ1v) is 15.9. The fourth-order valence-electron chi connectivity index (χ4n) is 5.34. The minimum atomic E-state index is -3.44. The van der Waals surface area contributed by atoms with Gasteiger partial charge < -0.3 is 10.3 Å². The number of halogens is 1. The maximum atomic E-state index is 14.6. The first kappa shape index (κ1) is 27.8. The maximum Gasteiger partial charge on any atom is 0.227 e. The van der Waals surface area contributed by atoms with Gasteiger partial charge in [0.25, 0.3) is 0 Å². The summed E-state index contributed by atoms with van der Waals surface area (Å²) < 4.78 is 40.1. The first-order valence-electron chi connectivity index (χ1n) is 14.0. The van der Waals surface area contributed by atoms with Crippen molar-refractivity contribution in [1.29, 1.82) is 0 Å². The van der Waals surface area contributed by atoms with Gasteiger partial charge in [-0.3, -0.25) is 19.9 Å². The lowest BCUT2D eigenvalue weighted by molar-refractivity contribution is -0.122. The van der Waals surface area contributed by atoms with Crippen LogP contribution in [0.4, 0.5) is 10.1 Å². The molecule has 0 radical (unpaired) electrons. The molecular weight excluding hydrogens is 583 g/mol. The molecule has 11 nitrogen and oxygen atoms in total. The van der Waals surface area contributed by atoms with E-state index in [0.717, 1.165) is 42.0 Å². The number of pyridine rings is 3. The Hall–Kier alpha value is -5.01. The number of anilines is 1. The topological polar surface area (TPSA) is 158 Å². The summed E-state index contributed by atoms with van der Waals surface area (Å²) in [5, 5.41) is 11.3. The number of hydrogen-bond acceptors (Lipinski definition) is 7. The number of fused-ring (bicyclic) bond motifs is 2. The predicted molar refractivity (Wildman–Crippen MR) is 165 cm³/mol. The number of aromatic amines is 2. The van der Waals surface area contributed by atoms with Crippen LogP contribution in [-0.4, -0.2) is 50.7 Å². The Morgan fingerprint density at radius 3 is 2.64 bits per heavy atom. The number of aromatic nitrogens is 6. The van der Waals surface area contributed by atoms with Gasteiger partial charge in [-0.2, -0.15) is 5.10 Å². The Balaban J connectivity index is 1.23. The van der Waals surface area contributed by atoms with Gasteiger partial charge in [-0.15, -0.1) is 0 Å². The van der Waals surface area contributed by atoms with Gasteiger partial charge in [0, 0.05) is 41.4 Å². The average molecular weight is 611 g/mol. The van der Waals surface area contributed by atoms with Crippen molar-refractivity contribution in [3.63, 3.8) is 0 Å². The Labute approximate surface area is 251 Å². The van der Waals surface area contributed by atoms with Crippen LogP contribution >= 0.6 is 0 Å². The third-order valence-electron chi connectivity index (χ3n) is 7.79. The van der Waals surface area contributed by atoms with Crippen molar-refractivity contribution in [3.05, 3.63) is 78.6 Å². The Morgan fingerprint density at radius 1 is 1.00 bits per heavy atom. The molecule has 222 valence electrons. The zero-order chi connectivity index (χ0) is 30.4. The van der Waals surface area contributed by atoms with Crippen LogP contribution < -0.4 is 10.0 Å². The summed E-state index contributed by atoms with van der Waals surface area (Å²) in [6.45, 7) is -0.0377. The van der Waals surface area contributed by atoms with Crippen molar-refractivity contribution in [1.82, 2.24) is 34.9 Å². The molecule has 4 N–H and O–H groups in total. The molecule has 13 heteroatoms. The Kier molecular flexibility index (Phi) is 6.90. The quantitative estimate of drug-likeness (QED) is 0.185. The van der Waals surface area contributed by atoms with E-state index in [-0.39, 0.29) is 18.4 Å². The third kappa shape index (κ3) is 5.54. The summed E-state index contributed by atoms with van der Waals surface area (Å²) in [6, 6.07) is 11.9. The van der Waals surface area contributed by atoms with Gasteiger partial charge in [0.2, 0.25) is 15.9 Å². The SMILES string of the molecule is CS(=O)(=O)NCc1cc(F)cc(-c2cncc3[nH]c(-c4n[nH]c5ccc(-c6cncc(NC(=O)C7CCC7)c6)nc45)cc23)c1. The number of carbonyl (C=O) groups excluding carboxylic acids is 1. The van der Waals surface area contributed by atoms with Gasteiger partial charge in [0.1, 0.15) is 17.0 Å². The van der Waals surface area contributed by atoms with Crippen molar-refractivity contribution in [2.75, 3.05) is 11.6 Å². The molecule has 5 heterocycles. The molecule has 0 saturated heterocycles. The zero-order valence-electron chi connectivity index (χ0n) is 23.6. The predicted octanol–water partition coefficient (Wildman–Crippen LogP) is 5.16. The Morgan fingerprint density at radius 2 is 1.84 bits per heavy atom. The van der Waals surface area contributed by atoms with E-state index in [1.807, 2.05) is 24.3 Å². The number of amides is 1. The summed E-state index contributed by atoms with van der Waals surface area (Å²) in [6.07, 6.45) is 10.6. The standard InChI is InChI=1S/C31H27FN8O3S/c1-44(42,43)35-12-17-7-19(9-21(32)8-17)24-15-34-16-28-23(24)11-27(37-28)30-29-26(39-40-30)6-5-25(38-29)20-10-22(14-33-13-20)36-31(41)18-3-2-4-18/h5-11,13-16,18,35,37H,2-4,12H2,1H3,(H,36,41)(H,39,40). The highest BCUT2D eigenvalue weighted by molar-refractivity contribution is 7.88. The van der Waals surface area contributed by atoms with E-state index in [1.54, 1.807) is 30.9 Å². The van der Waals surface area contributed by atoms with Gasteiger partial charge in [0.15, 0.2) is 0 Å². The largest absolute Gasteiger partial charge is 0.352 e.